The summed E-state index contributed by atoms with van der Waals surface area (Å²) in [6.45, 7) is 0. The molecule has 1 heterocycles. The predicted octanol–water partition coefficient (Wildman–Crippen LogP) is 1.84. The summed E-state index contributed by atoms with van der Waals surface area (Å²) in [7, 11) is 3.54. The molecule has 1 aromatic heterocycles. The van der Waals surface area contributed by atoms with Crippen LogP contribution in [0.3, 0.4) is 0 Å². The van der Waals surface area contributed by atoms with E-state index in [2.05, 4.69) is 9.97 Å². The highest BCUT2D eigenvalue weighted by Crippen LogP contribution is 2.30. The van der Waals surface area contributed by atoms with Crippen molar-refractivity contribution in [2.75, 3.05) is 24.8 Å². The van der Waals surface area contributed by atoms with Gasteiger partial charge in [0.05, 0.1) is 12.8 Å². The molecule has 0 fully saturated rings. The first kappa shape index (κ1) is 11.2. The smallest absolute Gasteiger partial charge is 0.221 e. The Labute approximate surface area is 99.9 Å². The molecule has 0 aliphatic carbocycles. The number of hydrogen-bond donors (Lipinski definition) is 1. The van der Waals surface area contributed by atoms with Crippen molar-refractivity contribution in [2.45, 2.75) is 0 Å². The highest BCUT2D eigenvalue weighted by molar-refractivity contribution is 5.66. The Morgan fingerprint density at radius 2 is 2.00 bits per heavy atom. The zero-order chi connectivity index (χ0) is 12.3. The molecule has 5 nitrogen and oxygen atoms in total. The number of hydrogen-bond acceptors (Lipinski definition) is 5. The van der Waals surface area contributed by atoms with E-state index in [0.29, 0.717) is 0 Å². The van der Waals surface area contributed by atoms with Gasteiger partial charge in [-0.2, -0.15) is 4.98 Å². The number of nitrogens with two attached hydrogens (primary N) is 1. The fraction of sp³-hybridized carbons (Fsp3) is 0.167. The van der Waals surface area contributed by atoms with E-state index in [0.717, 1.165) is 17.3 Å². The standard InChI is InChI=1S/C12H14N4O/c1-16(11-7-8-14-12(13)15-11)9-5-3-4-6-10(9)17-2/h3-8H,1-2H3,(H2,13,14,15). The van der Waals surface area contributed by atoms with Gasteiger partial charge in [-0.25, -0.2) is 4.98 Å². The molecule has 17 heavy (non-hydrogen) atoms. The monoisotopic (exact) mass is 230 g/mol. The summed E-state index contributed by atoms with van der Waals surface area (Å²) >= 11 is 0. The molecule has 2 N–H and O–H groups in total. The molecule has 5 heteroatoms. The van der Waals surface area contributed by atoms with Gasteiger partial charge in [-0.15, -0.1) is 0 Å². The number of aromatic nitrogens is 2. The van der Waals surface area contributed by atoms with Crippen LogP contribution in [0.2, 0.25) is 0 Å². The maximum atomic E-state index is 5.56. The molecule has 0 saturated heterocycles. The summed E-state index contributed by atoms with van der Waals surface area (Å²) in [4.78, 5) is 9.93. The quantitative estimate of drug-likeness (QED) is 0.871. The van der Waals surface area contributed by atoms with Gasteiger partial charge in [-0.05, 0) is 18.2 Å². The van der Waals surface area contributed by atoms with Crippen LogP contribution in [-0.2, 0) is 0 Å². The highest BCUT2D eigenvalue weighted by atomic mass is 16.5. The zero-order valence-corrected chi connectivity index (χ0v) is 9.79. The lowest BCUT2D eigenvalue weighted by atomic mass is 10.2. The van der Waals surface area contributed by atoms with Gasteiger partial charge in [-0.1, -0.05) is 12.1 Å². The van der Waals surface area contributed by atoms with E-state index in [4.69, 9.17) is 10.5 Å². The minimum Gasteiger partial charge on any atom is -0.495 e. The average molecular weight is 230 g/mol. The van der Waals surface area contributed by atoms with Gasteiger partial charge in [0.2, 0.25) is 5.95 Å². The summed E-state index contributed by atoms with van der Waals surface area (Å²) in [5.41, 5.74) is 6.49. The third-order valence-corrected chi connectivity index (χ3v) is 2.45. The van der Waals surface area contributed by atoms with Crippen molar-refractivity contribution in [3.8, 4) is 5.75 Å². The van der Waals surface area contributed by atoms with Gasteiger partial charge < -0.3 is 15.4 Å². The zero-order valence-electron chi connectivity index (χ0n) is 9.79. The molecule has 0 aliphatic heterocycles. The van der Waals surface area contributed by atoms with Crippen molar-refractivity contribution in [3.63, 3.8) is 0 Å². The first-order chi connectivity index (χ1) is 8.22. The van der Waals surface area contributed by atoms with Crippen molar-refractivity contribution in [1.29, 1.82) is 0 Å². The summed E-state index contributed by atoms with van der Waals surface area (Å²) in [5, 5.41) is 0. The van der Waals surface area contributed by atoms with Crippen LogP contribution >= 0.6 is 0 Å². The lowest BCUT2D eigenvalue weighted by Crippen LogP contribution is -2.13. The van der Waals surface area contributed by atoms with E-state index in [-0.39, 0.29) is 5.95 Å². The largest absolute Gasteiger partial charge is 0.495 e. The average Bonchev–Trinajstić information content (AvgIpc) is 2.38. The van der Waals surface area contributed by atoms with Crippen LogP contribution in [0, 0.1) is 0 Å². The van der Waals surface area contributed by atoms with Crippen molar-refractivity contribution >= 4 is 17.5 Å². The Morgan fingerprint density at radius 1 is 1.24 bits per heavy atom. The first-order valence-electron chi connectivity index (χ1n) is 5.17. The molecule has 2 rings (SSSR count). The highest BCUT2D eigenvalue weighted by Gasteiger charge is 2.10. The van der Waals surface area contributed by atoms with Crippen molar-refractivity contribution in [2.24, 2.45) is 0 Å². The van der Waals surface area contributed by atoms with Crippen LogP contribution in [0.25, 0.3) is 0 Å². The molecule has 0 atom stereocenters. The van der Waals surface area contributed by atoms with E-state index in [1.807, 2.05) is 36.2 Å². The van der Waals surface area contributed by atoms with Gasteiger partial charge in [0, 0.05) is 13.2 Å². The van der Waals surface area contributed by atoms with Crippen LogP contribution in [0.5, 0.6) is 5.75 Å². The number of rotatable bonds is 3. The van der Waals surface area contributed by atoms with Gasteiger partial charge in [0.1, 0.15) is 11.6 Å². The summed E-state index contributed by atoms with van der Waals surface area (Å²) in [6.07, 6.45) is 1.63. The Bertz CT molecular complexity index is 515. The van der Waals surface area contributed by atoms with Crippen LogP contribution < -0.4 is 15.4 Å². The Hall–Kier alpha value is -2.30. The summed E-state index contributed by atoms with van der Waals surface area (Å²) in [5.74, 6) is 1.76. The van der Waals surface area contributed by atoms with Crippen LogP contribution in [0.1, 0.15) is 0 Å². The van der Waals surface area contributed by atoms with Gasteiger partial charge in [0.25, 0.3) is 0 Å². The van der Waals surface area contributed by atoms with E-state index in [1.165, 1.54) is 0 Å². The van der Waals surface area contributed by atoms with Crippen LogP contribution in [-0.4, -0.2) is 24.1 Å². The number of anilines is 3. The SMILES string of the molecule is COc1ccccc1N(C)c1ccnc(N)n1. The lowest BCUT2D eigenvalue weighted by molar-refractivity contribution is 0.415. The van der Waals surface area contributed by atoms with E-state index < -0.39 is 0 Å². The third kappa shape index (κ3) is 2.28. The minimum atomic E-state index is 0.254. The van der Waals surface area contributed by atoms with Crippen LogP contribution in [0.15, 0.2) is 36.5 Å². The summed E-state index contributed by atoms with van der Waals surface area (Å²) < 4.78 is 5.30. The second-order valence-corrected chi connectivity index (χ2v) is 3.50. The molecule has 0 bridgehead atoms. The van der Waals surface area contributed by atoms with Crippen molar-refractivity contribution in [1.82, 2.24) is 9.97 Å². The van der Waals surface area contributed by atoms with E-state index in [1.54, 1.807) is 19.4 Å². The van der Waals surface area contributed by atoms with E-state index >= 15 is 0 Å². The normalized spacial score (nSPS) is 10.0. The second-order valence-electron chi connectivity index (χ2n) is 3.50. The Balaban J connectivity index is 2.40. The minimum absolute atomic E-state index is 0.254. The molecule has 0 spiro atoms. The molecule has 0 aliphatic rings. The molecule has 0 saturated carbocycles. The Morgan fingerprint density at radius 3 is 2.71 bits per heavy atom. The number of nitrogen functional groups attached to an aromatic ring is 1. The number of nitrogens with zero attached hydrogens (tertiary/aromatic N) is 3. The fourth-order valence-electron chi connectivity index (χ4n) is 1.58. The molecule has 0 radical (unpaired) electrons. The summed E-state index contributed by atoms with van der Waals surface area (Å²) in [6, 6.07) is 9.51. The molecule has 88 valence electrons. The lowest BCUT2D eigenvalue weighted by Gasteiger charge is -2.20. The molecular formula is C12H14N4O. The maximum Gasteiger partial charge on any atom is 0.221 e. The predicted molar refractivity (Wildman–Crippen MR) is 67.5 cm³/mol. The molecular weight excluding hydrogens is 216 g/mol. The topological polar surface area (TPSA) is 64.3 Å². The number of ether oxygens (including phenoxy) is 1. The second kappa shape index (κ2) is 4.69. The fourth-order valence-corrected chi connectivity index (χ4v) is 1.58. The van der Waals surface area contributed by atoms with Gasteiger partial charge in [-0.3, -0.25) is 0 Å². The maximum absolute atomic E-state index is 5.56. The Kier molecular flexibility index (Phi) is 3.09. The van der Waals surface area contributed by atoms with Gasteiger partial charge >= 0.3 is 0 Å². The molecule has 0 amide bonds. The van der Waals surface area contributed by atoms with Crippen LogP contribution in [0.4, 0.5) is 17.5 Å². The molecule has 0 unspecified atom stereocenters. The first-order valence-corrected chi connectivity index (χ1v) is 5.17. The number of para-hydroxylation sites is 2. The van der Waals surface area contributed by atoms with Crippen molar-refractivity contribution in [3.05, 3.63) is 36.5 Å². The third-order valence-electron chi connectivity index (χ3n) is 2.45. The van der Waals surface area contributed by atoms with Crippen molar-refractivity contribution < 1.29 is 4.74 Å². The molecule has 2 aromatic rings. The van der Waals surface area contributed by atoms with E-state index in [9.17, 15) is 0 Å². The number of methoxy groups -OCH3 is 1. The van der Waals surface area contributed by atoms with Gasteiger partial charge in [0.15, 0.2) is 0 Å². The number of benzene rings is 1. The molecule has 1 aromatic carbocycles.